The molecule has 0 amide bonds. The Hall–Kier alpha value is -2.01. The van der Waals surface area contributed by atoms with E-state index in [1.165, 1.54) is 0 Å². The maximum absolute atomic E-state index is 12.1. The number of fused-ring (bicyclic) bond motifs is 1. The fraction of sp³-hybridized carbons (Fsp3) is 0.214. The normalized spacial score (nSPS) is 12.5. The number of esters is 1. The van der Waals surface area contributed by atoms with E-state index < -0.39 is 0 Å². The van der Waals surface area contributed by atoms with Gasteiger partial charge in [0, 0.05) is 15.8 Å². The Bertz CT molecular complexity index is 645. The smallest absolute Gasteiger partial charge is 0.344 e. The number of thiophene rings is 1. The lowest BCUT2D eigenvalue weighted by atomic mass is 10.2. The predicted molar refractivity (Wildman–Crippen MR) is 71.3 cm³/mol. The second-order valence-corrected chi connectivity index (χ2v) is 5.69. The summed E-state index contributed by atoms with van der Waals surface area (Å²) in [5.74, 6) is 1.38. The topological polar surface area (TPSA) is 44.8 Å². The zero-order chi connectivity index (χ0) is 13.4. The first-order chi connectivity index (χ1) is 9.13. The van der Waals surface area contributed by atoms with E-state index in [9.17, 15) is 4.79 Å². The van der Waals surface area contributed by atoms with E-state index >= 15 is 0 Å². The molecule has 0 unspecified atom stereocenters. The number of hydrogen-bond acceptors (Lipinski definition) is 5. The van der Waals surface area contributed by atoms with Gasteiger partial charge in [0.15, 0.2) is 11.5 Å². The van der Waals surface area contributed by atoms with Crippen LogP contribution in [0.2, 0.25) is 0 Å². The molecule has 1 aliphatic rings. The molecule has 19 heavy (non-hydrogen) atoms. The van der Waals surface area contributed by atoms with Crippen LogP contribution >= 0.6 is 11.3 Å². The Balaban J connectivity index is 1.81. The molecular formula is C14H12O4S. The molecule has 0 fully saturated rings. The second-order valence-electron chi connectivity index (χ2n) is 4.23. The Morgan fingerprint density at radius 3 is 2.74 bits per heavy atom. The van der Waals surface area contributed by atoms with Crippen molar-refractivity contribution in [2.24, 2.45) is 0 Å². The summed E-state index contributed by atoms with van der Waals surface area (Å²) in [5.41, 5.74) is 0.611. The SMILES string of the molecule is Cc1cc(C(=O)Oc2ccc3c(c2)OCO3)c(C)s1. The summed E-state index contributed by atoms with van der Waals surface area (Å²) < 4.78 is 15.8. The van der Waals surface area contributed by atoms with E-state index in [4.69, 9.17) is 14.2 Å². The molecule has 1 aliphatic heterocycles. The lowest BCUT2D eigenvalue weighted by Gasteiger charge is -2.04. The monoisotopic (exact) mass is 276 g/mol. The molecule has 0 spiro atoms. The molecule has 0 aliphatic carbocycles. The molecule has 0 N–H and O–H groups in total. The Morgan fingerprint density at radius 2 is 2.00 bits per heavy atom. The molecule has 0 atom stereocenters. The molecule has 0 radical (unpaired) electrons. The summed E-state index contributed by atoms with van der Waals surface area (Å²) in [6, 6.07) is 6.93. The standard InChI is InChI=1S/C14H12O4S/c1-8-5-11(9(2)19-8)14(15)18-10-3-4-12-13(6-10)17-7-16-12/h3-6H,7H2,1-2H3. The van der Waals surface area contributed by atoms with Crippen LogP contribution in [0.5, 0.6) is 17.2 Å². The Kier molecular flexibility index (Phi) is 2.91. The van der Waals surface area contributed by atoms with Crippen molar-refractivity contribution in [1.29, 1.82) is 0 Å². The van der Waals surface area contributed by atoms with E-state index in [1.807, 2.05) is 19.9 Å². The lowest BCUT2D eigenvalue weighted by Crippen LogP contribution is -2.08. The number of carbonyl (C=O) groups excluding carboxylic acids is 1. The van der Waals surface area contributed by atoms with Crippen LogP contribution < -0.4 is 14.2 Å². The van der Waals surface area contributed by atoms with Gasteiger partial charge in [0.25, 0.3) is 0 Å². The minimum Gasteiger partial charge on any atom is -0.454 e. The summed E-state index contributed by atoms with van der Waals surface area (Å²) in [7, 11) is 0. The maximum atomic E-state index is 12.1. The number of carbonyl (C=O) groups is 1. The van der Waals surface area contributed by atoms with Gasteiger partial charge in [-0.25, -0.2) is 4.79 Å². The van der Waals surface area contributed by atoms with Crippen molar-refractivity contribution >= 4 is 17.3 Å². The Morgan fingerprint density at radius 1 is 1.21 bits per heavy atom. The van der Waals surface area contributed by atoms with Crippen LogP contribution in [0, 0.1) is 13.8 Å². The number of ether oxygens (including phenoxy) is 3. The zero-order valence-electron chi connectivity index (χ0n) is 10.6. The number of aryl methyl sites for hydroxylation is 2. The van der Waals surface area contributed by atoms with Gasteiger partial charge in [0.1, 0.15) is 5.75 Å². The van der Waals surface area contributed by atoms with Gasteiger partial charge in [-0.3, -0.25) is 0 Å². The van der Waals surface area contributed by atoms with E-state index in [2.05, 4.69) is 0 Å². The average molecular weight is 276 g/mol. The van der Waals surface area contributed by atoms with Crippen molar-refractivity contribution < 1.29 is 19.0 Å². The minimum atomic E-state index is -0.347. The highest BCUT2D eigenvalue weighted by Crippen LogP contribution is 2.35. The molecule has 0 saturated carbocycles. The van der Waals surface area contributed by atoms with Crippen molar-refractivity contribution in [1.82, 2.24) is 0 Å². The van der Waals surface area contributed by atoms with Crippen LogP contribution in [-0.4, -0.2) is 12.8 Å². The third kappa shape index (κ3) is 2.29. The molecule has 98 valence electrons. The lowest BCUT2D eigenvalue weighted by molar-refractivity contribution is 0.0734. The molecule has 1 aromatic heterocycles. The fourth-order valence-corrected chi connectivity index (χ4v) is 2.85. The predicted octanol–water partition coefficient (Wildman–Crippen LogP) is 3.31. The number of hydrogen-bond donors (Lipinski definition) is 0. The molecule has 5 heteroatoms. The summed E-state index contributed by atoms with van der Waals surface area (Å²) in [6.07, 6.45) is 0. The van der Waals surface area contributed by atoms with Crippen LogP contribution in [0.25, 0.3) is 0 Å². The highest BCUT2D eigenvalue weighted by molar-refractivity contribution is 7.12. The summed E-state index contributed by atoms with van der Waals surface area (Å²) in [5, 5.41) is 0. The summed E-state index contributed by atoms with van der Waals surface area (Å²) in [6.45, 7) is 4.08. The molecule has 0 bridgehead atoms. The van der Waals surface area contributed by atoms with Crippen LogP contribution in [0.15, 0.2) is 24.3 Å². The maximum Gasteiger partial charge on any atom is 0.344 e. The van der Waals surface area contributed by atoms with E-state index in [0.717, 1.165) is 9.75 Å². The average Bonchev–Trinajstić information content (AvgIpc) is 2.94. The van der Waals surface area contributed by atoms with Gasteiger partial charge >= 0.3 is 5.97 Å². The van der Waals surface area contributed by atoms with Gasteiger partial charge in [-0.2, -0.15) is 0 Å². The zero-order valence-corrected chi connectivity index (χ0v) is 11.4. The fourth-order valence-electron chi connectivity index (χ4n) is 1.94. The third-order valence-corrected chi connectivity index (χ3v) is 3.78. The molecule has 3 rings (SSSR count). The van der Waals surface area contributed by atoms with E-state index in [1.54, 1.807) is 29.5 Å². The van der Waals surface area contributed by atoms with Gasteiger partial charge < -0.3 is 14.2 Å². The summed E-state index contributed by atoms with van der Waals surface area (Å²) >= 11 is 1.58. The summed E-state index contributed by atoms with van der Waals surface area (Å²) in [4.78, 5) is 14.1. The highest BCUT2D eigenvalue weighted by Gasteiger charge is 2.17. The first-order valence-corrected chi connectivity index (χ1v) is 6.64. The van der Waals surface area contributed by atoms with E-state index in [0.29, 0.717) is 22.8 Å². The van der Waals surface area contributed by atoms with Gasteiger partial charge in [-0.1, -0.05) is 0 Å². The van der Waals surface area contributed by atoms with E-state index in [-0.39, 0.29) is 12.8 Å². The first-order valence-electron chi connectivity index (χ1n) is 5.82. The molecule has 2 heterocycles. The van der Waals surface area contributed by atoms with Crippen LogP contribution in [0.4, 0.5) is 0 Å². The van der Waals surface area contributed by atoms with Crippen LogP contribution in [0.3, 0.4) is 0 Å². The second kappa shape index (κ2) is 4.59. The quantitative estimate of drug-likeness (QED) is 0.623. The molecule has 0 saturated heterocycles. The number of rotatable bonds is 2. The Labute approximate surface area is 114 Å². The molecule has 2 aromatic rings. The van der Waals surface area contributed by atoms with Crippen LogP contribution in [-0.2, 0) is 0 Å². The van der Waals surface area contributed by atoms with Gasteiger partial charge in [-0.15, -0.1) is 11.3 Å². The molecule has 1 aromatic carbocycles. The van der Waals surface area contributed by atoms with Crippen molar-refractivity contribution in [2.45, 2.75) is 13.8 Å². The van der Waals surface area contributed by atoms with Gasteiger partial charge in [0.2, 0.25) is 6.79 Å². The first kappa shape index (κ1) is 12.0. The van der Waals surface area contributed by atoms with Crippen molar-refractivity contribution in [2.75, 3.05) is 6.79 Å². The van der Waals surface area contributed by atoms with Gasteiger partial charge in [0.05, 0.1) is 5.56 Å². The van der Waals surface area contributed by atoms with Gasteiger partial charge in [-0.05, 0) is 32.0 Å². The van der Waals surface area contributed by atoms with Crippen LogP contribution in [0.1, 0.15) is 20.1 Å². The van der Waals surface area contributed by atoms with Crippen molar-refractivity contribution in [3.8, 4) is 17.2 Å². The minimum absolute atomic E-state index is 0.204. The van der Waals surface area contributed by atoms with Crippen molar-refractivity contribution in [3.05, 3.63) is 39.6 Å². The largest absolute Gasteiger partial charge is 0.454 e. The number of benzene rings is 1. The molecular weight excluding hydrogens is 264 g/mol. The molecule has 4 nitrogen and oxygen atoms in total. The highest BCUT2D eigenvalue weighted by atomic mass is 32.1. The third-order valence-electron chi connectivity index (χ3n) is 2.82. The van der Waals surface area contributed by atoms with Crippen molar-refractivity contribution in [3.63, 3.8) is 0 Å².